The zero-order chi connectivity index (χ0) is 18.1. The summed E-state index contributed by atoms with van der Waals surface area (Å²) in [6.45, 7) is 2.12. The zero-order valence-electron chi connectivity index (χ0n) is 14.1. The van der Waals surface area contributed by atoms with Gasteiger partial charge in [-0.15, -0.1) is 11.8 Å². The molecule has 1 heterocycles. The Balaban J connectivity index is 1.88. The number of rotatable bonds is 8. The highest BCUT2D eigenvalue weighted by molar-refractivity contribution is 7.99. The van der Waals surface area contributed by atoms with Gasteiger partial charge in [0.2, 0.25) is 5.91 Å². The van der Waals surface area contributed by atoms with Crippen LogP contribution in [0.1, 0.15) is 37.4 Å². The van der Waals surface area contributed by atoms with Crippen LogP contribution in [0.25, 0.3) is 0 Å². The highest BCUT2D eigenvalue weighted by Gasteiger charge is 2.09. The lowest BCUT2D eigenvalue weighted by atomic mass is 10.2. The van der Waals surface area contributed by atoms with Crippen LogP contribution in [-0.4, -0.2) is 16.6 Å². The number of carbonyl (C=O) groups excluding carboxylic acids is 1. The third-order valence-corrected chi connectivity index (χ3v) is 4.51. The van der Waals surface area contributed by atoms with Crippen molar-refractivity contribution in [3.63, 3.8) is 0 Å². The molecule has 1 N–H and O–H groups in total. The summed E-state index contributed by atoms with van der Waals surface area (Å²) in [6, 6.07) is 11.5. The number of aromatic nitrogens is 1. The predicted molar refractivity (Wildman–Crippen MR) is 97.9 cm³/mol. The fourth-order valence-corrected chi connectivity index (χ4v) is 3.10. The summed E-state index contributed by atoms with van der Waals surface area (Å²) in [4.78, 5) is 16.5. The number of unbranched alkanes of at least 4 members (excludes halogenated alkanes) is 1. The lowest BCUT2D eigenvalue weighted by Gasteiger charge is -2.07. The number of hydrogen-bond donors (Lipinski definition) is 1. The molecule has 0 radical (unpaired) electrons. The highest BCUT2D eigenvalue weighted by atomic mass is 32.2. The van der Waals surface area contributed by atoms with E-state index in [2.05, 4.69) is 23.3 Å². The van der Waals surface area contributed by atoms with Gasteiger partial charge in [0, 0.05) is 23.6 Å². The van der Waals surface area contributed by atoms with Crippen molar-refractivity contribution in [2.75, 3.05) is 11.1 Å². The number of amides is 1. The average Bonchev–Trinajstić information content (AvgIpc) is 2.62. The minimum Gasteiger partial charge on any atom is -0.326 e. The predicted octanol–water partition coefficient (Wildman–Crippen LogP) is 4.56. The summed E-state index contributed by atoms with van der Waals surface area (Å²) in [5, 5.41) is 12.6. The number of nitriles is 1. The molecule has 0 unspecified atom stereocenters. The maximum Gasteiger partial charge on any atom is 0.225 e. The third-order valence-electron chi connectivity index (χ3n) is 3.52. The van der Waals surface area contributed by atoms with E-state index in [1.165, 1.54) is 36.0 Å². The molecule has 0 bridgehead atoms. The number of pyridine rings is 1. The molecule has 130 valence electrons. The van der Waals surface area contributed by atoms with E-state index >= 15 is 0 Å². The Hall–Kier alpha value is -2.39. The summed E-state index contributed by atoms with van der Waals surface area (Å²) < 4.78 is 12.8. The molecule has 1 aromatic carbocycles. The van der Waals surface area contributed by atoms with Gasteiger partial charge in [-0.3, -0.25) is 4.79 Å². The Morgan fingerprint density at radius 1 is 1.28 bits per heavy atom. The van der Waals surface area contributed by atoms with Gasteiger partial charge < -0.3 is 5.32 Å². The van der Waals surface area contributed by atoms with Crippen LogP contribution in [0.5, 0.6) is 0 Å². The maximum atomic E-state index is 12.8. The molecule has 6 heteroatoms. The van der Waals surface area contributed by atoms with Crippen LogP contribution in [0.4, 0.5) is 10.1 Å². The number of thioether (sulfide) groups is 1. The third kappa shape index (κ3) is 6.20. The van der Waals surface area contributed by atoms with Gasteiger partial charge in [0.05, 0.1) is 5.56 Å². The number of hydrogen-bond acceptors (Lipinski definition) is 4. The summed E-state index contributed by atoms with van der Waals surface area (Å²) in [6.07, 6.45) is 3.32. The van der Waals surface area contributed by atoms with Crippen LogP contribution < -0.4 is 5.32 Å². The van der Waals surface area contributed by atoms with E-state index in [-0.39, 0.29) is 18.1 Å². The molecule has 0 fully saturated rings. The molecule has 0 atom stereocenters. The zero-order valence-corrected chi connectivity index (χ0v) is 14.9. The van der Waals surface area contributed by atoms with Crippen molar-refractivity contribution < 1.29 is 9.18 Å². The first-order valence-corrected chi connectivity index (χ1v) is 9.19. The fraction of sp³-hybridized carbons (Fsp3) is 0.316. The molecule has 0 spiro atoms. The molecule has 0 aliphatic carbocycles. The molecule has 0 saturated carbocycles. The molecule has 4 nitrogen and oxygen atoms in total. The molecule has 0 saturated heterocycles. The lowest BCUT2D eigenvalue weighted by molar-refractivity contribution is -0.115. The van der Waals surface area contributed by atoms with Gasteiger partial charge in [0.1, 0.15) is 16.9 Å². The van der Waals surface area contributed by atoms with Crippen molar-refractivity contribution in [3.05, 3.63) is 53.5 Å². The largest absolute Gasteiger partial charge is 0.326 e. The van der Waals surface area contributed by atoms with Gasteiger partial charge in [0.15, 0.2) is 0 Å². The first-order chi connectivity index (χ1) is 12.1. The molecule has 0 aliphatic heterocycles. The van der Waals surface area contributed by atoms with Gasteiger partial charge in [-0.05, 0) is 49.2 Å². The van der Waals surface area contributed by atoms with Gasteiger partial charge in [-0.25, -0.2) is 9.37 Å². The van der Waals surface area contributed by atoms with Crippen LogP contribution in [0.15, 0.2) is 41.4 Å². The van der Waals surface area contributed by atoms with Crippen LogP contribution in [0.3, 0.4) is 0 Å². The molecule has 25 heavy (non-hydrogen) atoms. The Morgan fingerprint density at radius 2 is 2.04 bits per heavy atom. The molecule has 1 aromatic heterocycles. The van der Waals surface area contributed by atoms with E-state index < -0.39 is 0 Å². The van der Waals surface area contributed by atoms with Crippen LogP contribution in [0, 0.1) is 17.1 Å². The summed E-state index contributed by atoms with van der Waals surface area (Å²) >= 11 is 1.41. The van der Waals surface area contributed by atoms with Crippen molar-refractivity contribution >= 4 is 23.4 Å². The van der Waals surface area contributed by atoms with Gasteiger partial charge >= 0.3 is 0 Å². The summed E-state index contributed by atoms with van der Waals surface area (Å²) in [5.74, 6) is 0.0257. The normalized spacial score (nSPS) is 10.3. The number of halogens is 1. The second-order valence-electron chi connectivity index (χ2n) is 5.52. The lowest BCUT2D eigenvalue weighted by Crippen LogP contribution is -2.12. The van der Waals surface area contributed by atoms with Gasteiger partial charge in [0.25, 0.3) is 0 Å². The molecule has 1 amide bonds. The molecular weight excluding hydrogens is 337 g/mol. The van der Waals surface area contributed by atoms with E-state index in [1.807, 2.05) is 6.07 Å². The average molecular weight is 357 g/mol. The van der Waals surface area contributed by atoms with Crippen LogP contribution >= 0.6 is 11.8 Å². The first kappa shape index (κ1) is 18.9. The number of nitrogens with one attached hydrogen (secondary N) is 1. The number of anilines is 1. The monoisotopic (exact) mass is 357 g/mol. The van der Waals surface area contributed by atoms with Crippen molar-refractivity contribution in [1.82, 2.24) is 4.98 Å². The number of aryl methyl sites for hydroxylation is 1. The van der Waals surface area contributed by atoms with E-state index in [0.29, 0.717) is 22.0 Å². The maximum absolute atomic E-state index is 12.8. The van der Waals surface area contributed by atoms with Crippen molar-refractivity contribution in [2.24, 2.45) is 0 Å². The van der Waals surface area contributed by atoms with Gasteiger partial charge in [-0.1, -0.05) is 13.3 Å². The Kier molecular flexibility index (Phi) is 7.42. The minimum absolute atomic E-state index is 0.153. The SMILES string of the molecule is CCCCc1ccc(C#N)c(SCCC(=O)Nc2ccc(F)cc2)n1. The quantitative estimate of drug-likeness (QED) is 0.704. The highest BCUT2D eigenvalue weighted by Crippen LogP contribution is 2.22. The summed E-state index contributed by atoms with van der Waals surface area (Å²) in [5.41, 5.74) is 2.07. The van der Waals surface area contributed by atoms with Crippen molar-refractivity contribution in [3.8, 4) is 6.07 Å². The molecule has 0 aliphatic rings. The first-order valence-electron chi connectivity index (χ1n) is 8.20. The Morgan fingerprint density at radius 3 is 2.72 bits per heavy atom. The van der Waals surface area contributed by atoms with Crippen molar-refractivity contribution in [1.29, 1.82) is 5.26 Å². The second kappa shape index (κ2) is 9.80. The number of benzene rings is 1. The number of nitrogens with zero attached hydrogens (tertiary/aromatic N) is 2. The van der Waals surface area contributed by atoms with E-state index in [9.17, 15) is 14.4 Å². The van der Waals surface area contributed by atoms with E-state index in [4.69, 9.17) is 0 Å². The Bertz CT molecular complexity index is 756. The topological polar surface area (TPSA) is 65.8 Å². The minimum atomic E-state index is -0.341. The van der Waals surface area contributed by atoms with Crippen LogP contribution in [0.2, 0.25) is 0 Å². The van der Waals surface area contributed by atoms with Gasteiger partial charge in [-0.2, -0.15) is 5.26 Å². The molecule has 2 rings (SSSR count). The van der Waals surface area contributed by atoms with Crippen LogP contribution in [-0.2, 0) is 11.2 Å². The van der Waals surface area contributed by atoms with Crippen molar-refractivity contribution in [2.45, 2.75) is 37.6 Å². The smallest absolute Gasteiger partial charge is 0.225 e. The van der Waals surface area contributed by atoms with E-state index in [0.717, 1.165) is 25.0 Å². The number of carbonyl (C=O) groups is 1. The molecular formula is C19H20FN3OS. The second-order valence-corrected chi connectivity index (χ2v) is 6.61. The standard InChI is InChI=1S/C19H20FN3OS/c1-2-3-4-16-8-5-14(13-21)19(23-16)25-12-11-18(24)22-17-9-6-15(20)7-10-17/h5-10H,2-4,11-12H2,1H3,(H,22,24). The fourth-order valence-electron chi connectivity index (χ4n) is 2.17. The molecule has 2 aromatic rings. The summed E-state index contributed by atoms with van der Waals surface area (Å²) in [7, 11) is 0. The Labute approximate surface area is 151 Å². The van der Waals surface area contributed by atoms with E-state index in [1.54, 1.807) is 6.07 Å².